The highest BCUT2D eigenvalue weighted by molar-refractivity contribution is 7.99. The Hall–Kier alpha value is -2.84. The van der Waals surface area contributed by atoms with Crippen LogP contribution in [0.15, 0.2) is 53.7 Å². The lowest BCUT2D eigenvalue weighted by atomic mass is 10.1. The molecule has 3 aromatic rings. The van der Waals surface area contributed by atoms with Gasteiger partial charge in [-0.05, 0) is 37.1 Å². The number of para-hydroxylation sites is 2. The third kappa shape index (κ3) is 6.08. The number of anilines is 2. The van der Waals surface area contributed by atoms with Crippen LogP contribution in [-0.2, 0) is 29.0 Å². The first-order valence-corrected chi connectivity index (χ1v) is 11.3. The smallest absolute Gasteiger partial charge is 0.234 e. The van der Waals surface area contributed by atoms with Crippen molar-refractivity contribution in [3.63, 3.8) is 0 Å². The van der Waals surface area contributed by atoms with Crippen LogP contribution in [0.2, 0.25) is 5.02 Å². The van der Waals surface area contributed by atoms with E-state index in [-0.39, 0.29) is 24.0 Å². The average Bonchev–Trinajstić information content (AvgIpc) is 3.15. The maximum absolute atomic E-state index is 12.4. The number of thioether (sulfide) groups is 1. The Morgan fingerprint density at radius 1 is 0.968 bits per heavy atom. The molecule has 0 fully saturated rings. The van der Waals surface area contributed by atoms with Gasteiger partial charge in [0.1, 0.15) is 5.82 Å². The Morgan fingerprint density at radius 2 is 1.65 bits per heavy atom. The van der Waals surface area contributed by atoms with Gasteiger partial charge in [-0.25, -0.2) is 0 Å². The summed E-state index contributed by atoms with van der Waals surface area (Å²) in [5.74, 6) is 0.378. The number of rotatable bonds is 9. The van der Waals surface area contributed by atoms with Gasteiger partial charge in [-0.15, -0.1) is 10.2 Å². The van der Waals surface area contributed by atoms with Gasteiger partial charge in [0.25, 0.3) is 0 Å². The first kappa shape index (κ1) is 22.8. The van der Waals surface area contributed by atoms with Crippen molar-refractivity contribution in [1.29, 1.82) is 0 Å². The second-order valence-electron chi connectivity index (χ2n) is 6.70. The van der Waals surface area contributed by atoms with Gasteiger partial charge in [0.15, 0.2) is 5.16 Å². The van der Waals surface area contributed by atoms with Crippen LogP contribution in [0.3, 0.4) is 0 Å². The summed E-state index contributed by atoms with van der Waals surface area (Å²) in [4.78, 5) is 24.8. The van der Waals surface area contributed by atoms with Crippen LogP contribution in [0.25, 0.3) is 0 Å². The van der Waals surface area contributed by atoms with Gasteiger partial charge in [0.05, 0.1) is 22.9 Å². The molecule has 1 aromatic heterocycles. The van der Waals surface area contributed by atoms with E-state index in [4.69, 9.17) is 11.6 Å². The molecule has 0 radical (unpaired) electrons. The first-order valence-electron chi connectivity index (χ1n) is 9.98. The van der Waals surface area contributed by atoms with Gasteiger partial charge in [0, 0.05) is 12.2 Å². The van der Waals surface area contributed by atoms with Crippen LogP contribution < -0.4 is 10.6 Å². The molecule has 0 unspecified atom stereocenters. The van der Waals surface area contributed by atoms with Crippen molar-refractivity contribution < 1.29 is 9.59 Å². The SMILES string of the molecule is CCc1ccccc1NC(=O)CSc1nnc(CC(=O)Nc2ccccc2Cl)n1CC. The number of aryl methyl sites for hydroxylation is 1. The molecule has 9 heteroatoms. The summed E-state index contributed by atoms with van der Waals surface area (Å²) in [6.45, 7) is 4.58. The predicted molar refractivity (Wildman–Crippen MR) is 125 cm³/mol. The lowest BCUT2D eigenvalue weighted by Crippen LogP contribution is -2.18. The number of carbonyl (C=O) groups excluding carboxylic acids is 2. The monoisotopic (exact) mass is 457 g/mol. The fourth-order valence-corrected chi connectivity index (χ4v) is 4.05. The lowest BCUT2D eigenvalue weighted by Gasteiger charge is -2.10. The summed E-state index contributed by atoms with van der Waals surface area (Å²) in [6, 6.07) is 14.8. The van der Waals surface area contributed by atoms with Crippen LogP contribution in [0.5, 0.6) is 0 Å². The zero-order chi connectivity index (χ0) is 22.2. The van der Waals surface area contributed by atoms with E-state index >= 15 is 0 Å². The highest BCUT2D eigenvalue weighted by atomic mass is 35.5. The predicted octanol–water partition coefficient (Wildman–Crippen LogP) is 4.43. The van der Waals surface area contributed by atoms with E-state index in [9.17, 15) is 9.59 Å². The van der Waals surface area contributed by atoms with E-state index in [0.29, 0.717) is 28.2 Å². The normalized spacial score (nSPS) is 10.7. The van der Waals surface area contributed by atoms with Crippen molar-refractivity contribution in [3.05, 3.63) is 64.9 Å². The number of benzene rings is 2. The summed E-state index contributed by atoms with van der Waals surface area (Å²) in [6.07, 6.45) is 0.899. The molecule has 2 amide bonds. The fourth-order valence-electron chi connectivity index (χ4n) is 3.04. The molecule has 162 valence electrons. The zero-order valence-corrected chi connectivity index (χ0v) is 19.0. The summed E-state index contributed by atoms with van der Waals surface area (Å²) in [7, 11) is 0. The minimum Gasteiger partial charge on any atom is -0.325 e. The first-order chi connectivity index (χ1) is 15.0. The molecule has 0 saturated carbocycles. The molecule has 2 aromatic carbocycles. The van der Waals surface area contributed by atoms with Gasteiger partial charge in [0.2, 0.25) is 11.8 Å². The van der Waals surface area contributed by atoms with Crippen molar-refractivity contribution in [2.24, 2.45) is 0 Å². The Kier molecular flexibility index (Phi) is 8.08. The maximum atomic E-state index is 12.4. The number of hydrogen-bond donors (Lipinski definition) is 2. The Bertz CT molecular complexity index is 1070. The second-order valence-corrected chi connectivity index (χ2v) is 8.05. The van der Waals surface area contributed by atoms with Gasteiger partial charge in [-0.1, -0.05) is 60.6 Å². The number of halogens is 1. The quantitative estimate of drug-likeness (QED) is 0.464. The minimum absolute atomic E-state index is 0.0582. The lowest BCUT2D eigenvalue weighted by molar-refractivity contribution is -0.116. The molecule has 0 atom stereocenters. The van der Waals surface area contributed by atoms with Gasteiger partial charge >= 0.3 is 0 Å². The molecule has 3 rings (SSSR count). The van der Waals surface area contributed by atoms with Gasteiger partial charge in [-0.2, -0.15) is 0 Å². The molecule has 0 aliphatic heterocycles. The molecule has 2 N–H and O–H groups in total. The van der Waals surface area contributed by atoms with E-state index in [1.807, 2.05) is 42.7 Å². The topological polar surface area (TPSA) is 88.9 Å². The van der Waals surface area contributed by atoms with Crippen molar-refractivity contribution in [2.45, 2.75) is 38.4 Å². The minimum atomic E-state index is -0.235. The van der Waals surface area contributed by atoms with E-state index < -0.39 is 0 Å². The average molecular weight is 458 g/mol. The van der Waals surface area contributed by atoms with Gasteiger partial charge in [-0.3, -0.25) is 9.59 Å². The number of aromatic nitrogens is 3. The van der Waals surface area contributed by atoms with E-state index in [1.165, 1.54) is 11.8 Å². The molecule has 31 heavy (non-hydrogen) atoms. The number of nitrogens with zero attached hydrogens (tertiary/aromatic N) is 3. The van der Waals surface area contributed by atoms with Crippen LogP contribution >= 0.6 is 23.4 Å². The standard InChI is InChI=1S/C22H24ClN5O2S/c1-3-15-9-5-7-11-17(15)24-21(30)14-31-22-27-26-19(28(22)4-2)13-20(29)25-18-12-8-6-10-16(18)23/h5-12H,3-4,13-14H2,1-2H3,(H,24,30)(H,25,29). The van der Waals surface area contributed by atoms with E-state index in [2.05, 4.69) is 20.8 Å². The summed E-state index contributed by atoms with van der Waals surface area (Å²) in [5, 5.41) is 15.1. The molecular formula is C22H24ClN5O2S. The highest BCUT2D eigenvalue weighted by Gasteiger charge is 2.17. The summed E-state index contributed by atoms with van der Waals surface area (Å²) in [5.41, 5.74) is 2.46. The largest absolute Gasteiger partial charge is 0.325 e. The molecule has 0 bridgehead atoms. The van der Waals surface area contributed by atoms with E-state index in [0.717, 1.165) is 17.7 Å². The second kappa shape index (κ2) is 11.0. The highest BCUT2D eigenvalue weighted by Crippen LogP contribution is 2.22. The molecule has 0 aliphatic carbocycles. The summed E-state index contributed by atoms with van der Waals surface area (Å²) < 4.78 is 1.84. The molecule has 7 nitrogen and oxygen atoms in total. The number of amides is 2. The Morgan fingerprint density at radius 3 is 2.35 bits per heavy atom. The van der Waals surface area contributed by atoms with Crippen molar-refractivity contribution in [1.82, 2.24) is 14.8 Å². The molecule has 0 saturated heterocycles. The fraction of sp³-hybridized carbons (Fsp3) is 0.273. The van der Waals surface area contributed by atoms with Crippen LogP contribution in [0, 0.1) is 0 Å². The molecule has 0 aliphatic rings. The third-order valence-corrected chi connectivity index (χ3v) is 5.88. The maximum Gasteiger partial charge on any atom is 0.234 e. The van der Waals surface area contributed by atoms with Crippen molar-refractivity contribution >= 4 is 46.6 Å². The van der Waals surface area contributed by atoms with Crippen LogP contribution in [-0.4, -0.2) is 32.3 Å². The summed E-state index contributed by atoms with van der Waals surface area (Å²) >= 11 is 7.38. The van der Waals surface area contributed by atoms with Crippen LogP contribution in [0.1, 0.15) is 25.2 Å². The zero-order valence-electron chi connectivity index (χ0n) is 17.4. The third-order valence-electron chi connectivity index (χ3n) is 4.58. The Balaban J connectivity index is 1.60. The molecule has 1 heterocycles. The van der Waals surface area contributed by atoms with Crippen molar-refractivity contribution in [3.8, 4) is 0 Å². The van der Waals surface area contributed by atoms with Crippen molar-refractivity contribution in [2.75, 3.05) is 16.4 Å². The van der Waals surface area contributed by atoms with Gasteiger partial charge < -0.3 is 15.2 Å². The van der Waals surface area contributed by atoms with E-state index in [1.54, 1.807) is 24.3 Å². The molecule has 0 spiro atoms. The number of carbonyl (C=O) groups is 2. The molecular weight excluding hydrogens is 434 g/mol. The number of nitrogens with one attached hydrogen (secondary N) is 2. The van der Waals surface area contributed by atoms with Crippen LogP contribution in [0.4, 0.5) is 11.4 Å². The Labute approximate surface area is 190 Å². The number of hydrogen-bond acceptors (Lipinski definition) is 5.